The Hall–Kier alpha value is -3.55. The number of anilines is 1. The van der Waals surface area contributed by atoms with Crippen molar-refractivity contribution in [3.8, 4) is 11.3 Å². The SMILES string of the molecule is Cc1cc2c(NC3CCC(n4nc(-c5cccnc5)ccc4=O)CC3)nccn2n1. The first-order valence-electron chi connectivity index (χ1n) is 10.3. The van der Waals surface area contributed by atoms with Crippen molar-refractivity contribution in [2.45, 2.75) is 44.7 Å². The molecule has 1 fully saturated rings. The van der Waals surface area contributed by atoms with Gasteiger partial charge in [-0.15, -0.1) is 0 Å². The Morgan fingerprint density at radius 1 is 1.07 bits per heavy atom. The molecule has 0 unspecified atom stereocenters. The van der Waals surface area contributed by atoms with Crippen molar-refractivity contribution in [2.24, 2.45) is 0 Å². The third-order valence-electron chi connectivity index (χ3n) is 5.68. The summed E-state index contributed by atoms with van der Waals surface area (Å²) >= 11 is 0. The van der Waals surface area contributed by atoms with E-state index in [-0.39, 0.29) is 11.6 Å². The number of aryl methyl sites for hydroxylation is 1. The van der Waals surface area contributed by atoms with E-state index < -0.39 is 0 Å². The monoisotopic (exact) mass is 401 g/mol. The van der Waals surface area contributed by atoms with Gasteiger partial charge in [-0.05, 0) is 56.9 Å². The first kappa shape index (κ1) is 18.5. The summed E-state index contributed by atoms with van der Waals surface area (Å²) < 4.78 is 3.50. The van der Waals surface area contributed by atoms with Gasteiger partial charge in [-0.2, -0.15) is 10.2 Å². The average molecular weight is 401 g/mol. The molecule has 0 atom stereocenters. The fraction of sp³-hybridized carbons (Fsp3) is 0.318. The Morgan fingerprint density at radius 2 is 1.93 bits per heavy atom. The van der Waals surface area contributed by atoms with Gasteiger partial charge in [0.05, 0.1) is 17.4 Å². The van der Waals surface area contributed by atoms with Crippen molar-refractivity contribution in [1.29, 1.82) is 0 Å². The summed E-state index contributed by atoms with van der Waals surface area (Å²) in [5.74, 6) is 0.857. The minimum Gasteiger partial charge on any atom is -0.366 e. The summed E-state index contributed by atoms with van der Waals surface area (Å²) in [4.78, 5) is 21.1. The van der Waals surface area contributed by atoms with Crippen LogP contribution in [-0.2, 0) is 0 Å². The van der Waals surface area contributed by atoms with E-state index in [4.69, 9.17) is 0 Å². The molecule has 0 bridgehead atoms. The molecule has 8 nitrogen and oxygen atoms in total. The maximum absolute atomic E-state index is 12.5. The van der Waals surface area contributed by atoms with E-state index in [1.807, 2.05) is 35.8 Å². The molecule has 0 amide bonds. The van der Waals surface area contributed by atoms with E-state index in [1.165, 1.54) is 0 Å². The molecule has 1 aliphatic rings. The van der Waals surface area contributed by atoms with E-state index in [1.54, 1.807) is 35.4 Å². The molecule has 30 heavy (non-hydrogen) atoms. The predicted molar refractivity (Wildman–Crippen MR) is 114 cm³/mol. The maximum Gasteiger partial charge on any atom is 0.267 e. The molecule has 1 saturated carbocycles. The predicted octanol–water partition coefficient (Wildman–Crippen LogP) is 3.25. The molecule has 5 rings (SSSR count). The summed E-state index contributed by atoms with van der Waals surface area (Å²) in [7, 11) is 0. The molecule has 8 heteroatoms. The van der Waals surface area contributed by atoms with Crippen molar-refractivity contribution in [1.82, 2.24) is 29.4 Å². The second kappa shape index (κ2) is 7.70. The van der Waals surface area contributed by atoms with E-state index in [9.17, 15) is 4.79 Å². The third kappa shape index (κ3) is 3.56. The number of fused-ring (bicyclic) bond motifs is 1. The molecule has 4 aromatic rings. The van der Waals surface area contributed by atoms with Crippen LogP contribution in [0.5, 0.6) is 0 Å². The Morgan fingerprint density at radius 3 is 2.73 bits per heavy atom. The topological polar surface area (TPSA) is 90.0 Å². The second-order valence-electron chi connectivity index (χ2n) is 7.78. The van der Waals surface area contributed by atoms with Gasteiger partial charge in [-0.3, -0.25) is 9.78 Å². The summed E-state index contributed by atoms with van der Waals surface area (Å²) in [6.07, 6.45) is 10.8. The molecule has 4 aromatic heterocycles. The van der Waals surface area contributed by atoms with Crippen molar-refractivity contribution < 1.29 is 0 Å². The third-order valence-corrected chi connectivity index (χ3v) is 5.68. The fourth-order valence-electron chi connectivity index (χ4n) is 4.17. The van der Waals surface area contributed by atoms with Gasteiger partial charge < -0.3 is 5.32 Å². The number of pyridine rings is 1. The molecule has 0 radical (unpaired) electrons. The Balaban J connectivity index is 1.31. The molecule has 4 heterocycles. The normalized spacial score (nSPS) is 19.1. The molecule has 152 valence electrons. The first-order valence-corrected chi connectivity index (χ1v) is 10.3. The lowest BCUT2D eigenvalue weighted by molar-refractivity contribution is 0.304. The lowest BCUT2D eigenvalue weighted by atomic mass is 9.91. The van der Waals surface area contributed by atoms with Crippen molar-refractivity contribution in [3.63, 3.8) is 0 Å². The molecule has 0 aliphatic heterocycles. The Kier molecular flexibility index (Phi) is 4.74. The number of hydrogen-bond donors (Lipinski definition) is 1. The van der Waals surface area contributed by atoms with E-state index >= 15 is 0 Å². The highest BCUT2D eigenvalue weighted by Gasteiger charge is 2.25. The van der Waals surface area contributed by atoms with Crippen LogP contribution in [0.4, 0.5) is 5.82 Å². The minimum atomic E-state index is -0.0554. The van der Waals surface area contributed by atoms with Gasteiger partial charge in [0.15, 0.2) is 5.82 Å². The van der Waals surface area contributed by atoms with Crippen LogP contribution in [0.3, 0.4) is 0 Å². The zero-order valence-electron chi connectivity index (χ0n) is 16.8. The molecular formula is C22H23N7O. The van der Waals surface area contributed by atoms with Crippen molar-refractivity contribution >= 4 is 11.3 Å². The number of nitrogens with zero attached hydrogens (tertiary/aromatic N) is 6. The highest BCUT2D eigenvalue weighted by atomic mass is 16.1. The Labute approximate surface area is 173 Å². The summed E-state index contributed by atoms with van der Waals surface area (Å²) in [6, 6.07) is 9.65. The van der Waals surface area contributed by atoms with Crippen LogP contribution in [-0.4, -0.2) is 35.4 Å². The van der Waals surface area contributed by atoms with Crippen LogP contribution >= 0.6 is 0 Å². The van der Waals surface area contributed by atoms with Crippen LogP contribution < -0.4 is 10.9 Å². The lowest BCUT2D eigenvalue weighted by Gasteiger charge is -2.30. The molecule has 0 spiro atoms. The number of rotatable bonds is 4. The van der Waals surface area contributed by atoms with Gasteiger partial charge in [0.1, 0.15) is 5.52 Å². The Bertz CT molecular complexity index is 1220. The summed E-state index contributed by atoms with van der Waals surface area (Å²) in [5, 5.41) is 12.7. The van der Waals surface area contributed by atoms with E-state index in [0.717, 1.165) is 54.0 Å². The van der Waals surface area contributed by atoms with Crippen LogP contribution in [0.25, 0.3) is 16.8 Å². The highest BCUT2D eigenvalue weighted by Crippen LogP contribution is 2.30. The van der Waals surface area contributed by atoms with Gasteiger partial charge in [-0.25, -0.2) is 14.2 Å². The second-order valence-corrected chi connectivity index (χ2v) is 7.78. The van der Waals surface area contributed by atoms with E-state index in [0.29, 0.717) is 6.04 Å². The largest absolute Gasteiger partial charge is 0.366 e. The van der Waals surface area contributed by atoms with Crippen molar-refractivity contribution in [3.05, 3.63) is 71.2 Å². The summed E-state index contributed by atoms with van der Waals surface area (Å²) in [5.41, 5.74) is 3.58. The minimum absolute atomic E-state index is 0.0554. The fourth-order valence-corrected chi connectivity index (χ4v) is 4.17. The van der Waals surface area contributed by atoms with Gasteiger partial charge in [0, 0.05) is 42.5 Å². The van der Waals surface area contributed by atoms with Crippen molar-refractivity contribution in [2.75, 3.05) is 5.32 Å². The average Bonchev–Trinajstić information content (AvgIpc) is 3.17. The van der Waals surface area contributed by atoms with Crippen LogP contribution in [0.15, 0.2) is 59.9 Å². The highest BCUT2D eigenvalue weighted by molar-refractivity contribution is 5.68. The lowest BCUT2D eigenvalue weighted by Crippen LogP contribution is -2.33. The quantitative estimate of drug-likeness (QED) is 0.565. The molecule has 0 saturated heterocycles. The smallest absolute Gasteiger partial charge is 0.267 e. The number of aromatic nitrogens is 6. The number of hydrogen-bond acceptors (Lipinski definition) is 6. The molecule has 1 N–H and O–H groups in total. The van der Waals surface area contributed by atoms with Crippen LogP contribution in [0.1, 0.15) is 37.4 Å². The summed E-state index contributed by atoms with van der Waals surface area (Å²) in [6.45, 7) is 1.98. The van der Waals surface area contributed by atoms with Gasteiger partial charge in [0.25, 0.3) is 5.56 Å². The molecule has 1 aliphatic carbocycles. The maximum atomic E-state index is 12.5. The zero-order chi connectivity index (χ0) is 20.5. The first-order chi connectivity index (χ1) is 14.7. The van der Waals surface area contributed by atoms with Crippen LogP contribution in [0, 0.1) is 6.92 Å². The van der Waals surface area contributed by atoms with Gasteiger partial charge in [-0.1, -0.05) is 0 Å². The van der Waals surface area contributed by atoms with E-state index in [2.05, 4.69) is 25.5 Å². The number of nitrogens with one attached hydrogen (secondary N) is 1. The zero-order valence-corrected chi connectivity index (χ0v) is 16.8. The van der Waals surface area contributed by atoms with Gasteiger partial charge in [0.2, 0.25) is 0 Å². The standard InChI is InChI=1S/C22H23N7O/c1-15-13-20-22(24-11-12-28(20)26-15)25-17-4-6-18(7-5-17)29-21(30)9-8-19(27-29)16-3-2-10-23-14-16/h2-3,8-14,17-18H,4-7H2,1H3,(H,24,25). The molecular weight excluding hydrogens is 378 g/mol. The molecule has 0 aromatic carbocycles. The van der Waals surface area contributed by atoms with Gasteiger partial charge >= 0.3 is 0 Å². The van der Waals surface area contributed by atoms with Crippen LogP contribution in [0.2, 0.25) is 0 Å².